The van der Waals surface area contributed by atoms with Gasteiger partial charge in [-0.2, -0.15) is 0 Å². The molecule has 20 heavy (non-hydrogen) atoms. The molecular formula is C18H28O2. The third-order valence-corrected chi connectivity index (χ3v) is 3.70. The highest BCUT2D eigenvalue weighted by molar-refractivity contribution is 5.29. The van der Waals surface area contributed by atoms with E-state index in [0.29, 0.717) is 18.6 Å². The zero-order valence-corrected chi connectivity index (χ0v) is 13.3. The molecule has 0 bridgehead atoms. The fourth-order valence-electron chi connectivity index (χ4n) is 2.70. The zero-order valence-electron chi connectivity index (χ0n) is 13.3. The highest BCUT2D eigenvalue weighted by Gasteiger charge is 2.23. The molecule has 0 aliphatic carbocycles. The standard InChI is InChI=1S/C18H28O2/c1-13(2)9-16(10-14(3)4)15-5-7-17(8-6-15)19-11-18-12-20-18/h5-8,13-14,16,18H,9-12H2,1-4H3. The van der Waals surface area contributed by atoms with Gasteiger partial charge < -0.3 is 9.47 Å². The van der Waals surface area contributed by atoms with Crippen LogP contribution in [0.15, 0.2) is 24.3 Å². The SMILES string of the molecule is CC(C)CC(CC(C)C)c1ccc(OCC2CO2)cc1. The third-order valence-electron chi connectivity index (χ3n) is 3.70. The van der Waals surface area contributed by atoms with Gasteiger partial charge in [-0.05, 0) is 48.3 Å². The van der Waals surface area contributed by atoms with Gasteiger partial charge >= 0.3 is 0 Å². The summed E-state index contributed by atoms with van der Waals surface area (Å²) in [5.41, 5.74) is 1.45. The Labute approximate surface area is 123 Å². The summed E-state index contributed by atoms with van der Waals surface area (Å²) in [7, 11) is 0. The van der Waals surface area contributed by atoms with Gasteiger partial charge in [0.1, 0.15) is 18.5 Å². The second-order valence-electron chi connectivity index (χ2n) is 6.79. The Bertz CT molecular complexity index is 380. The third kappa shape index (κ3) is 5.16. The van der Waals surface area contributed by atoms with E-state index in [1.165, 1.54) is 18.4 Å². The Kier molecular flexibility index (Phi) is 5.47. The minimum atomic E-state index is 0.323. The predicted molar refractivity (Wildman–Crippen MR) is 83.3 cm³/mol. The van der Waals surface area contributed by atoms with Crippen molar-refractivity contribution in [3.63, 3.8) is 0 Å². The number of ether oxygens (including phenoxy) is 2. The molecule has 2 heteroatoms. The first-order valence-electron chi connectivity index (χ1n) is 7.89. The molecule has 112 valence electrons. The zero-order chi connectivity index (χ0) is 14.5. The van der Waals surface area contributed by atoms with Crippen molar-refractivity contribution < 1.29 is 9.47 Å². The van der Waals surface area contributed by atoms with E-state index in [4.69, 9.17) is 9.47 Å². The van der Waals surface area contributed by atoms with E-state index >= 15 is 0 Å². The van der Waals surface area contributed by atoms with E-state index in [1.54, 1.807) is 0 Å². The Morgan fingerprint density at radius 3 is 2.05 bits per heavy atom. The average molecular weight is 276 g/mol. The largest absolute Gasteiger partial charge is 0.491 e. The maximum atomic E-state index is 5.70. The summed E-state index contributed by atoms with van der Waals surface area (Å²) in [5, 5.41) is 0. The summed E-state index contributed by atoms with van der Waals surface area (Å²) in [5.74, 6) is 3.09. The number of rotatable bonds is 8. The molecular weight excluding hydrogens is 248 g/mol. The molecule has 1 aliphatic rings. The van der Waals surface area contributed by atoms with E-state index < -0.39 is 0 Å². The Balaban J connectivity index is 1.96. The van der Waals surface area contributed by atoms with Crippen molar-refractivity contribution in [1.82, 2.24) is 0 Å². The van der Waals surface area contributed by atoms with Crippen LogP contribution in [-0.2, 0) is 4.74 Å². The Hall–Kier alpha value is -1.02. The van der Waals surface area contributed by atoms with E-state index in [-0.39, 0.29) is 0 Å². The summed E-state index contributed by atoms with van der Waals surface area (Å²) in [6, 6.07) is 8.67. The first-order valence-corrected chi connectivity index (χ1v) is 7.89. The lowest BCUT2D eigenvalue weighted by molar-refractivity contribution is 0.263. The molecule has 1 heterocycles. The molecule has 2 rings (SSSR count). The number of hydrogen-bond acceptors (Lipinski definition) is 2. The van der Waals surface area contributed by atoms with Gasteiger partial charge in [0.2, 0.25) is 0 Å². The second kappa shape index (κ2) is 7.12. The highest BCUT2D eigenvalue weighted by atomic mass is 16.6. The minimum absolute atomic E-state index is 0.323. The Morgan fingerprint density at radius 1 is 1.05 bits per heavy atom. The van der Waals surface area contributed by atoms with Gasteiger partial charge in [0, 0.05) is 0 Å². The molecule has 1 aliphatic heterocycles. The molecule has 0 saturated carbocycles. The van der Waals surface area contributed by atoms with Gasteiger partial charge in [0.05, 0.1) is 6.61 Å². The molecule has 0 spiro atoms. The molecule has 1 atom stereocenters. The van der Waals surface area contributed by atoms with Crippen molar-refractivity contribution in [2.45, 2.75) is 52.6 Å². The first-order chi connectivity index (χ1) is 9.54. The lowest BCUT2D eigenvalue weighted by atomic mass is 9.84. The van der Waals surface area contributed by atoms with Gasteiger partial charge in [0.15, 0.2) is 0 Å². The summed E-state index contributed by atoms with van der Waals surface area (Å²) >= 11 is 0. The smallest absolute Gasteiger partial charge is 0.119 e. The molecule has 0 aromatic heterocycles. The van der Waals surface area contributed by atoms with Crippen LogP contribution in [-0.4, -0.2) is 19.3 Å². The van der Waals surface area contributed by atoms with Gasteiger partial charge in [-0.3, -0.25) is 0 Å². The van der Waals surface area contributed by atoms with Crippen LogP contribution < -0.4 is 4.74 Å². The molecule has 0 radical (unpaired) electrons. The van der Waals surface area contributed by atoms with Crippen molar-refractivity contribution >= 4 is 0 Å². The monoisotopic (exact) mass is 276 g/mol. The first kappa shape index (κ1) is 15.4. The summed E-state index contributed by atoms with van der Waals surface area (Å²) in [6.07, 6.45) is 2.84. The predicted octanol–water partition coefficient (Wildman–Crippen LogP) is 4.64. The van der Waals surface area contributed by atoms with Gasteiger partial charge in [-0.25, -0.2) is 0 Å². The van der Waals surface area contributed by atoms with Crippen LogP contribution in [0.5, 0.6) is 5.75 Å². The van der Waals surface area contributed by atoms with Crippen molar-refractivity contribution in [2.75, 3.05) is 13.2 Å². The average Bonchev–Trinajstić information content (AvgIpc) is 3.19. The topological polar surface area (TPSA) is 21.8 Å². The fourth-order valence-corrected chi connectivity index (χ4v) is 2.70. The van der Waals surface area contributed by atoms with Crippen LogP contribution in [0.25, 0.3) is 0 Å². The van der Waals surface area contributed by atoms with E-state index in [9.17, 15) is 0 Å². The number of benzene rings is 1. The fraction of sp³-hybridized carbons (Fsp3) is 0.667. The lowest BCUT2D eigenvalue weighted by Crippen LogP contribution is -2.07. The van der Waals surface area contributed by atoms with Crippen molar-refractivity contribution in [3.8, 4) is 5.75 Å². The van der Waals surface area contributed by atoms with Crippen molar-refractivity contribution in [1.29, 1.82) is 0 Å². The number of epoxide rings is 1. The minimum Gasteiger partial charge on any atom is -0.491 e. The Morgan fingerprint density at radius 2 is 1.60 bits per heavy atom. The number of hydrogen-bond donors (Lipinski definition) is 0. The van der Waals surface area contributed by atoms with Crippen molar-refractivity contribution in [3.05, 3.63) is 29.8 Å². The van der Waals surface area contributed by atoms with Gasteiger partial charge in [-0.15, -0.1) is 0 Å². The van der Waals surface area contributed by atoms with Crippen LogP contribution in [0, 0.1) is 11.8 Å². The molecule has 1 aromatic rings. The summed E-state index contributed by atoms with van der Waals surface area (Å²) in [6.45, 7) is 10.8. The normalized spacial score (nSPS) is 18.1. The molecule has 1 aromatic carbocycles. The van der Waals surface area contributed by atoms with Crippen LogP contribution >= 0.6 is 0 Å². The molecule has 1 saturated heterocycles. The lowest BCUT2D eigenvalue weighted by Gasteiger charge is -2.21. The van der Waals surface area contributed by atoms with Gasteiger partial charge in [0.25, 0.3) is 0 Å². The maximum Gasteiger partial charge on any atom is 0.119 e. The van der Waals surface area contributed by atoms with E-state index in [2.05, 4.69) is 52.0 Å². The highest BCUT2D eigenvalue weighted by Crippen LogP contribution is 2.31. The maximum absolute atomic E-state index is 5.70. The van der Waals surface area contributed by atoms with Crippen molar-refractivity contribution in [2.24, 2.45) is 11.8 Å². The van der Waals surface area contributed by atoms with E-state index in [0.717, 1.165) is 24.2 Å². The van der Waals surface area contributed by atoms with Gasteiger partial charge in [-0.1, -0.05) is 39.8 Å². The molecule has 0 N–H and O–H groups in total. The molecule has 2 nitrogen and oxygen atoms in total. The molecule has 1 unspecified atom stereocenters. The quantitative estimate of drug-likeness (QED) is 0.645. The van der Waals surface area contributed by atoms with Crippen LogP contribution in [0.2, 0.25) is 0 Å². The van der Waals surface area contributed by atoms with Crippen LogP contribution in [0.3, 0.4) is 0 Å². The van der Waals surface area contributed by atoms with E-state index in [1.807, 2.05) is 0 Å². The second-order valence-corrected chi connectivity index (χ2v) is 6.79. The molecule has 1 fully saturated rings. The summed E-state index contributed by atoms with van der Waals surface area (Å²) in [4.78, 5) is 0. The summed E-state index contributed by atoms with van der Waals surface area (Å²) < 4.78 is 10.9. The molecule has 0 amide bonds. The van der Waals surface area contributed by atoms with Crippen LogP contribution in [0.1, 0.15) is 52.0 Å². The van der Waals surface area contributed by atoms with Crippen LogP contribution in [0.4, 0.5) is 0 Å².